The van der Waals surface area contributed by atoms with Gasteiger partial charge in [0.2, 0.25) is 0 Å². The van der Waals surface area contributed by atoms with Crippen molar-refractivity contribution in [2.75, 3.05) is 0 Å². The van der Waals surface area contributed by atoms with Crippen molar-refractivity contribution in [3.8, 4) is 0 Å². The number of ketones is 1. The largest absolute Gasteiger partial charge is 0.416 e. The minimum atomic E-state index is -4.42. The molecule has 0 saturated carbocycles. The molecule has 0 radical (unpaired) electrons. The third kappa shape index (κ3) is 3.60. The first-order valence-corrected chi connectivity index (χ1v) is 6.95. The van der Waals surface area contributed by atoms with Gasteiger partial charge in [-0.25, -0.2) is 0 Å². The van der Waals surface area contributed by atoms with Crippen LogP contribution in [0.5, 0.6) is 0 Å². The quantitative estimate of drug-likeness (QED) is 0.617. The first kappa shape index (κ1) is 15.9. The fraction of sp³-hybridized carbons (Fsp3) is 0.133. The number of alkyl halides is 3. The molecule has 0 saturated heterocycles. The van der Waals surface area contributed by atoms with Crippen molar-refractivity contribution in [1.82, 2.24) is 0 Å². The molecule has 0 aromatic heterocycles. The normalized spacial score (nSPS) is 11.5. The minimum absolute atomic E-state index is 0.188. The van der Waals surface area contributed by atoms with Crippen LogP contribution in [-0.4, -0.2) is 5.78 Å². The monoisotopic (exact) mass is 330 g/mol. The van der Waals surface area contributed by atoms with E-state index in [1.165, 1.54) is 12.1 Å². The molecule has 1 nitrogen and oxygen atoms in total. The Kier molecular flexibility index (Phi) is 4.64. The van der Waals surface area contributed by atoms with E-state index in [0.29, 0.717) is 21.9 Å². The third-order valence-corrected chi connectivity index (χ3v) is 3.53. The molecule has 0 aliphatic carbocycles. The van der Waals surface area contributed by atoms with Crippen LogP contribution in [0.1, 0.15) is 27.0 Å². The molecule has 0 atom stereocenters. The number of rotatable bonds is 3. The second-order valence-electron chi connectivity index (χ2n) is 4.36. The van der Waals surface area contributed by atoms with Gasteiger partial charge in [0.05, 0.1) is 5.56 Å². The van der Waals surface area contributed by atoms with Crippen molar-refractivity contribution < 1.29 is 18.0 Å². The first-order chi connectivity index (χ1) is 9.82. The Hall–Kier alpha value is -1.46. The van der Waals surface area contributed by atoms with Gasteiger partial charge in [-0.3, -0.25) is 4.79 Å². The number of hydrogen-bond donors (Lipinski definition) is 1. The lowest BCUT2D eigenvalue weighted by Gasteiger charge is -2.09. The van der Waals surface area contributed by atoms with Crippen LogP contribution in [0.3, 0.4) is 0 Å². The molecule has 21 heavy (non-hydrogen) atoms. The topological polar surface area (TPSA) is 17.1 Å². The van der Waals surface area contributed by atoms with E-state index in [2.05, 4.69) is 12.6 Å². The van der Waals surface area contributed by atoms with Gasteiger partial charge in [0.1, 0.15) is 0 Å². The average Bonchev–Trinajstić information content (AvgIpc) is 2.45. The van der Waals surface area contributed by atoms with Crippen LogP contribution >= 0.6 is 24.2 Å². The third-order valence-electron chi connectivity index (χ3n) is 2.96. The van der Waals surface area contributed by atoms with Crippen molar-refractivity contribution in [3.63, 3.8) is 0 Å². The Morgan fingerprint density at radius 1 is 1.10 bits per heavy atom. The Morgan fingerprint density at radius 2 is 1.71 bits per heavy atom. The predicted molar refractivity (Wildman–Crippen MR) is 79.0 cm³/mol. The molecule has 110 valence electrons. The Morgan fingerprint density at radius 3 is 2.24 bits per heavy atom. The molecule has 6 heteroatoms. The summed E-state index contributed by atoms with van der Waals surface area (Å²) in [6.45, 7) is 0. The van der Waals surface area contributed by atoms with Crippen LogP contribution in [0.15, 0.2) is 42.5 Å². The minimum Gasteiger partial charge on any atom is -0.289 e. The van der Waals surface area contributed by atoms with Crippen molar-refractivity contribution in [2.45, 2.75) is 11.9 Å². The van der Waals surface area contributed by atoms with Crippen LogP contribution in [0.4, 0.5) is 13.2 Å². The van der Waals surface area contributed by atoms with Crippen LogP contribution in [0.2, 0.25) is 5.02 Å². The van der Waals surface area contributed by atoms with Gasteiger partial charge in [-0.1, -0.05) is 23.7 Å². The van der Waals surface area contributed by atoms with Crippen LogP contribution in [-0.2, 0) is 11.9 Å². The highest BCUT2D eigenvalue weighted by Gasteiger charge is 2.30. The zero-order chi connectivity index (χ0) is 15.6. The van der Waals surface area contributed by atoms with E-state index in [9.17, 15) is 18.0 Å². The first-order valence-electron chi connectivity index (χ1n) is 5.94. The maximum absolute atomic E-state index is 12.5. The van der Waals surface area contributed by atoms with Gasteiger partial charge in [0, 0.05) is 21.9 Å². The fourth-order valence-electron chi connectivity index (χ4n) is 1.88. The fourth-order valence-corrected chi connectivity index (χ4v) is 2.34. The summed E-state index contributed by atoms with van der Waals surface area (Å²) in [4.78, 5) is 12.3. The maximum Gasteiger partial charge on any atom is 0.416 e. The maximum atomic E-state index is 12.5. The smallest absolute Gasteiger partial charge is 0.289 e. The number of halogens is 4. The molecule has 0 spiro atoms. The molecule has 0 heterocycles. The highest BCUT2D eigenvalue weighted by molar-refractivity contribution is 7.79. The van der Waals surface area contributed by atoms with E-state index in [1.54, 1.807) is 18.2 Å². The molecule has 2 rings (SSSR count). The highest BCUT2D eigenvalue weighted by Crippen LogP contribution is 2.29. The summed E-state index contributed by atoms with van der Waals surface area (Å²) >= 11 is 9.98. The van der Waals surface area contributed by atoms with Crippen LogP contribution in [0.25, 0.3) is 0 Å². The van der Waals surface area contributed by atoms with Gasteiger partial charge in [0.15, 0.2) is 5.78 Å². The summed E-state index contributed by atoms with van der Waals surface area (Å²) in [5.41, 5.74) is 0.419. The molecule has 0 fully saturated rings. The summed E-state index contributed by atoms with van der Waals surface area (Å²) < 4.78 is 37.5. The molecular weight excluding hydrogens is 321 g/mol. The van der Waals surface area contributed by atoms with Crippen LogP contribution < -0.4 is 0 Å². The van der Waals surface area contributed by atoms with Gasteiger partial charge >= 0.3 is 6.18 Å². The van der Waals surface area contributed by atoms with Crippen molar-refractivity contribution in [2.24, 2.45) is 0 Å². The highest BCUT2D eigenvalue weighted by atomic mass is 35.5. The molecule has 0 aliphatic rings. The lowest BCUT2D eigenvalue weighted by atomic mass is 9.98. The number of carbonyl (C=O) groups is 1. The van der Waals surface area contributed by atoms with Crippen LogP contribution in [0, 0.1) is 0 Å². The zero-order valence-corrected chi connectivity index (χ0v) is 12.3. The standard InChI is InChI=1S/C15H10ClF3OS/c16-12-5-6-13(10(7-12)8-21)14(20)9-1-3-11(4-2-9)15(17,18)19/h1-7,21H,8H2. The number of hydrogen-bond acceptors (Lipinski definition) is 2. The van der Waals surface area contributed by atoms with E-state index >= 15 is 0 Å². The van der Waals surface area contributed by atoms with Gasteiger partial charge < -0.3 is 0 Å². The molecule has 0 aliphatic heterocycles. The van der Waals surface area contributed by atoms with Gasteiger partial charge in [-0.05, 0) is 35.9 Å². The van der Waals surface area contributed by atoms with E-state index in [-0.39, 0.29) is 11.3 Å². The van der Waals surface area contributed by atoms with Gasteiger partial charge in [-0.2, -0.15) is 25.8 Å². The molecule has 2 aromatic rings. The van der Waals surface area contributed by atoms with Crippen molar-refractivity contribution in [1.29, 1.82) is 0 Å². The number of benzene rings is 2. The molecule has 0 N–H and O–H groups in total. The Bertz CT molecular complexity index is 666. The molecule has 0 unspecified atom stereocenters. The molecule has 0 amide bonds. The Balaban J connectivity index is 2.37. The second-order valence-corrected chi connectivity index (χ2v) is 5.12. The molecule has 0 bridgehead atoms. The van der Waals surface area contributed by atoms with E-state index in [4.69, 9.17) is 11.6 Å². The number of carbonyl (C=O) groups excluding carboxylic acids is 1. The molecule has 2 aromatic carbocycles. The van der Waals surface area contributed by atoms with E-state index < -0.39 is 11.7 Å². The summed E-state index contributed by atoms with van der Waals surface area (Å²) in [6, 6.07) is 8.85. The summed E-state index contributed by atoms with van der Waals surface area (Å²) in [7, 11) is 0. The second kappa shape index (κ2) is 6.12. The van der Waals surface area contributed by atoms with Gasteiger partial charge in [0.25, 0.3) is 0 Å². The lowest BCUT2D eigenvalue weighted by Crippen LogP contribution is -2.08. The van der Waals surface area contributed by atoms with Crippen molar-refractivity contribution in [3.05, 3.63) is 69.7 Å². The number of thiol groups is 1. The van der Waals surface area contributed by atoms with E-state index in [1.807, 2.05) is 0 Å². The summed E-state index contributed by atoms with van der Waals surface area (Å²) in [5, 5.41) is 0.475. The Labute approximate surface area is 130 Å². The SMILES string of the molecule is O=C(c1ccc(C(F)(F)F)cc1)c1ccc(Cl)cc1CS. The lowest BCUT2D eigenvalue weighted by molar-refractivity contribution is -0.137. The summed E-state index contributed by atoms with van der Waals surface area (Å²) in [5.74, 6) is -0.0492. The summed E-state index contributed by atoms with van der Waals surface area (Å²) in [6.07, 6.45) is -4.42. The van der Waals surface area contributed by atoms with Gasteiger partial charge in [-0.15, -0.1) is 0 Å². The van der Waals surface area contributed by atoms with E-state index in [0.717, 1.165) is 12.1 Å². The zero-order valence-electron chi connectivity index (χ0n) is 10.6. The average molecular weight is 331 g/mol. The van der Waals surface area contributed by atoms with Crippen molar-refractivity contribution >= 4 is 30.0 Å². The molecular formula is C15H10ClF3OS. The predicted octanol–water partition coefficient (Wildman–Crippen LogP) is 5.02.